The summed E-state index contributed by atoms with van der Waals surface area (Å²) in [6, 6.07) is 10.3. The second-order valence-electron chi connectivity index (χ2n) is 10.8. The van der Waals surface area contributed by atoms with Crippen molar-refractivity contribution in [2.45, 2.75) is 31.8 Å². The lowest BCUT2D eigenvalue weighted by atomic mass is 10.1. The highest BCUT2D eigenvalue weighted by atomic mass is 32.1. The number of hydrogen-bond donors (Lipinski definition) is 2. The molecule has 2 fully saturated rings. The average Bonchev–Trinajstić information content (AvgIpc) is 3.78. The van der Waals surface area contributed by atoms with Gasteiger partial charge in [-0.1, -0.05) is 11.3 Å². The topological polar surface area (TPSA) is 136 Å². The Morgan fingerprint density at radius 2 is 1.90 bits per heavy atom. The number of likely N-dealkylation sites (N-methyl/N-ethyl adjacent to an activating group) is 1. The van der Waals surface area contributed by atoms with Gasteiger partial charge in [-0.05, 0) is 63.7 Å². The molecule has 0 bridgehead atoms. The van der Waals surface area contributed by atoms with Crippen LogP contribution in [0.1, 0.15) is 24.6 Å². The van der Waals surface area contributed by atoms with Gasteiger partial charge in [-0.25, -0.2) is 15.0 Å². The lowest BCUT2D eigenvalue weighted by Gasteiger charge is -2.18. The fourth-order valence-electron chi connectivity index (χ4n) is 5.61. The van der Waals surface area contributed by atoms with Crippen LogP contribution < -0.4 is 16.2 Å². The van der Waals surface area contributed by atoms with Crippen LogP contribution in [0.2, 0.25) is 0 Å². The minimum atomic E-state index is -0.161. The Morgan fingerprint density at radius 1 is 1.05 bits per heavy atom. The Bertz CT molecular complexity index is 1790. The molecule has 2 aliphatic heterocycles. The highest BCUT2D eigenvalue weighted by Crippen LogP contribution is 2.29. The molecule has 2 unspecified atom stereocenters. The number of nitrogens with zero attached hydrogens (tertiary/aromatic N) is 8. The summed E-state index contributed by atoms with van der Waals surface area (Å²) in [7, 11) is 2.15. The van der Waals surface area contributed by atoms with Crippen LogP contribution in [0.25, 0.3) is 33.0 Å². The van der Waals surface area contributed by atoms with E-state index in [2.05, 4.69) is 59.9 Å². The molecule has 12 nitrogen and oxygen atoms in total. The molecule has 0 spiro atoms. The summed E-state index contributed by atoms with van der Waals surface area (Å²) in [5, 5.41) is 16.2. The lowest BCUT2D eigenvalue weighted by Crippen LogP contribution is -2.28. The molecule has 0 amide bonds. The highest BCUT2D eigenvalue weighted by molar-refractivity contribution is 7.12. The fraction of sp³-hybridized carbons (Fsp3) is 0.345. The predicted molar refractivity (Wildman–Crippen MR) is 162 cm³/mol. The van der Waals surface area contributed by atoms with Gasteiger partial charge in [-0.2, -0.15) is 4.98 Å². The fourth-order valence-corrected chi connectivity index (χ4v) is 6.10. The molecular weight excluding hydrogens is 552 g/mol. The van der Waals surface area contributed by atoms with Crippen molar-refractivity contribution in [3.8, 4) is 22.0 Å². The second-order valence-corrected chi connectivity index (χ2v) is 11.6. The first kappa shape index (κ1) is 26.6. The van der Waals surface area contributed by atoms with Crippen LogP contribution in [0.3, 0.4) is 0 Å². The number of aromatic nitrogens is 7. The molecule has 214 valence electrons. The molecule has 2 N–H and O–H groups in total. The van der Waals surface area contributed by atoms with Gasteiger partial charge in [0.05, 0.1) is 18.2 Å². The third-order valence-corrected chi connectivity index (χ3v) is 8.46. The Balaban J connectivity index is 1.21. The van der Waals surface area contributed by atoms with Gasteiger partial charge in [0.15, 0.2) is 10.8 Å². The van der Waals surface area contributed by atoms with Gasteiger partial charge in [0.25, 0.3) is 5.56 Å². The molecule has 13 heteroatoms. The third-order valence-electron chi connectivity index (χ3n) is 7.77. The maximum atomic E-state index is 14.0. The van der Waals surface area contributed by atoms with E-state index in [4.69, 9.17) is 9.72 Å². The van der Waals surface area contributed by atoms with E-state index in [0.717, 1.165) is 42.7 Å². The summed E-state index contributed by atoms with van der Waals surface area (Å²) < 4.78 is 7.41. The standard InChI is InChI=1S/C29H30N10O2S/c1-17-24(13-30-25(33-17)27-37-32-16-42-27)23-11-18-12-31-29(36-26(18)39(28(23)40)22-8-10-41-15-22)35-20-5-3-19(4-6-20)34-21-7-9-38(2)14-21/h3-6,11-13,16,21-22,34H,7-10,14-15H2,1-2H3,(H,31,35,36). The van der Waals surface area contributed by atoms with Crippen molar-refractivity contribution in [3.05, 3.63) is 64.3 Å². The average molecular weight is 583 g/mol. The van der Waals surface area contributed by atoms with E-state index in [-0.39, 0.29) is 11.6 Å². The van der Waals surface area contributed by atoms with Crippen molar-refractivity contribution in [3.63, 3.8) is 0 Å². The second kappa shape index (κ2) is 11.2. The molecule has 2 aliphatic rings. The highest BCUT2D eigenvalue weighted by Gasteiger charge is 2.25. The van der Waals surface area contributed by atoms with Crippen molar-refractivity contribution in [1.29, 1.82) is 0 Å². The number of hydrogen-bond acceptors (Lipinski definition) is 12. The van der Waals surface area contributed by atoms with Crippen molar-refractivity contribution in [2.24, 2.45) is 0 Å². The summed E-state index contributed by atoms with van der Waals surface area (Å²) >= 11 is 1.37. The van der Waals surface area contributed by atoms with Gasteiger partial charge >= 0.3 is 0 Å². The first-order chi connectivity index (χ1) is 20.5. The summed E-state index contributed by atoms with van der Waals surface area (Å²) in [6.45, 7) is 5.06. The van der Waals surface area contributed by atoms with E-state index in [0.29, 0.717) is 58.5 Å². The van der Waals surface area contributed by atoms with Crippen LogP contribution in [-0.4, -0.2) is 79.0 Å². The number of nitrogens with one attached hydrogen (secondary N) is 2. The molecule has 42 heavy (non-hydrogen) atoms. The van der Waals surface area contributed by atoms with Gasteiger partial charge in [0, 0.05) is 59.6 Å². The molecule has 5 aromatic rings. The minimum Gasteiger partial charge on any atom is -0.381 e. The minimum absolute atomic E-state index is 0.135. The Labute approximate surface area is 245 Å². The molecule has 0 radical (unpaired) electrons. The van der Waals surface area contributed by atoms with E-state index in [1.165, 1.54) is 11.3 Å². The molecule has 2 atom stereocenters. The number of pyridine rings is 1. The number of fused-ring (bicyclic) bond motifs is 1. The van der Waals surface area contributed by atoms with Crippen LogP contribution in [0.5, 0.6) is 0 Å². The van der Waals surface area contributed by atoms with Gasteiger partial charge in [-0.15, -0.1) is 10.2 Å². The summed E-state index contributed by atoms with van der Waals surface area (Å²) in [5.41, 5.74) is 5.81. The predicted octanol–water partition coefficient (Wildman–Crippen LogP) is 3.90. The van der Waals surface area contributed by atoms with Crippen molar-refractivity contribution in [1.82, 2.24) is 39.6 Å². The number of likely N-dealkylation sites (tertiary alicyclic amines) is 1. The van der Waals surface area contributed by atoms with E-state index >= 15 is 0 Å². The van der Waals surface area contributed by atoms with Crippen LogP contribution in [0, 0.1) is 6.92 Å². The molecule has 0 saturated carbocycles. The number of rotatable bonds is 7. The smallest absolute Gasteiger partial charge is 0.260 e. The van der Waals surface area contributed by atoms with Gasteiger partial charge < -0.3 is 20.3 Å². The molecule has 1 aromatic carbocycles. The molecule has 2 saturated heterocycles. The zero-order valence-corrected chi connectivity index (χ0v) is 24.1. The molecule has 6 heterocycles. The monoisotopic (exact) mass is 582 g/mol. The van der Waals surface area contributed by atoms with E-state index in [1.807, 2.05) is 25.1 Å². The Morgan fingerprint density at radius 3 is 2.62 bits per heavy atom. The Hall–Kier alpha value is -4.33. The van der Waals surface area contributed by atoms with Crippen LogP contribution in [0.15, 0.2) is 53.0 Å². The molecule has 0 aliphatic carbocycles. The molecular formula is C29H30N10O2S. The van der Waals surface area contributed by atoms with Crippen molar-refractivity contribution in [2.75, 3.05) is 44.0 Å². The zero-order valence-electron chi connectivity index (χ0n) is 23.3. The maximum Gasteiger partial charge on any atom is 0.260 e. The van der Waals surface area contributed by atoms with Crippen molar-refractivity contribution >= 4 is 39.7 Å². The van der Waals surface area contributed by atoms with Gasteiger partial charge in [0.2, 0.25) is 5.95 Å². The first-order valence-corrected chi connectivity index (χ1v) is 14.8. The van der Waals surface area contributed by atoms with Crippen LogP contribution >= 0.6 is 11.3 Å². The van der Waals surface area contributed by atoms with E-state index < -0.39 is 0 Å². The maximum absolute atomic E-state index is 14.0. The zero-order chi connectivity index (χ0) is 28.6. The van der Waals surface area contributed by atoms with Crippen LogP contribution in [-0.2, 0) is 4.74 Å². The Kier molecular flexibility index (Phi) is 7.06. The number of ether oxygens (including phenoxy) is 1. The quantitative estimate of drug-likeness (QED) is 0.289. The largest absolute Gasteiger partial charge is 0.381 e. The van der Waals surface area contributed by atoms with E-state index in [9.17, 15) is 4.79 Å². The summed E-state index contributed by atoms with van der Waals surface area (Å²) in [5.74, 6) is 0.902. The molecule has 7 rings (SSSR count). The van der Waals surface area contributed by atoms with Crippen LogP contribution in [0.4, 0.5) is 17.3 Å². The SMILES string of the molecule is Cc1nc(-c2nncs2)ncc1-c1cc2cnc(Nc3ccc(NC4CCN(C)C4)cc3)nc2n(C2CCOC2)c1=O. The van der Waals surface area contributed by atoms with Gasteiger partial charge in [-0.3, -0.25) is 9.36 Å². The van der Waals surface area contributed by atoms with Crippen molar-refractivity contribution < 1.29 is 4.74 Å². The first-order valence-electron chi connectivity index (χ1n) is 13.9. The molecule has 4 aromatic heterocycles. The number of anilines is 3. The van der Waals surface area contributed by atoms with Gasteiger partial charge in [0.1, 0.15) is 11.2 Å². The normalized spacial score (nSPS) is 19.0. The summed E-state index contributed by atoms with van der Waals surface area (Å²) in [6.07, 6.45) is 5.29. The van der Waals surface area contributed by atoms with E-state index in [1.54, 1.807) is 22.5 Å². The number of benzene rings is 1. The number of aryl methyl sites for hydroxylation is 1. The summed E-state index contributed by atoms with van der Waals surface area (Å²) in [4.78, 5) is 34.9. The third kappa shape index (κ3) is 5.22. The lowest BCUT2D eigenvalue weighted by molar-refractivity contribution is 0.186.